The van der Waals surface area contributed by atoms with Crippen molar-refractivity contribution in [3.05, 3.63) is 0 Å². The monoisotopic (exact) mass is 179 g/mol. The molecule has 3 nitrogen and oxygen atoms in total. The van der Waals surface area contributed by atoms with Gasteiger partial charge in [-0.15, -0.1) is 0 Å². The van der Waals surface area contributed by atoms with Gasteiger partial charge in [0.2, 0.25) is 0 Å². The Bertz CT molecular complexity index is 110. The molecule has 0 aromatic rings. The van der Waals surface area contributed by atoms with E-state index in [4.69, 9.17) is 0 Å². The van der Waals surface area contributed by atoms with Gasteiger partial charge in [0.05, 0.1) is 5.33 Å². The lowest BCUT2D eigenvalue weighted by Gasteiger charge is -1.94. The van der Waals surface area contributed by atoms with Crippen LogP contribution in [0.2, 0.25) is 0 Å². The number of carbonyl (C=O) groups excluding carboxylic acids is 2. The molecule has 4 heteroatoms. The first-order valence-corrected chi connectivity index (χ1v) is 3.06. The molecule has 0 unspecified atom stereocenters. The van der Waals surface area contributed by atoms with Crippen LogP contribution in [0.15, 0.2) is 0 Å². The van der Waals surface area contributed by atoms with E-state index in [9.17, 15) is 14.7 Å². The Morgan fingerprint density at radius 1 is 1.50 bits per heavy atom. The third-order valence-corrected chi connectivity index (χ3v) is 1.12. The fourth-order valence-corrected chi connectivity index (χ4v) is 0.406. The van der Waals surface area contributed by atoms with E-state index in [0.717, 1.165) is 0 Å². The molecule has 0 aromatic carbocycles. The Morgan fingerprint density at radius 3 is 2.12 bits per heavy atom. The fraction of sp³-hybridized carbons (Fsp3) is 0.500. The van der Waals surface area contributed by atoms with Gasteiger partial charge in [0, 0.05) is 12.4 Å². The number of hydrogen-bond donors (Lipinski definition) is 0. The van der Waals surface area contributed by atoms with E-state index in [-0.39, 0.29) is 11.1 Å². The summed E-state index contributed by atoms with van der Waals surface area (Å²) in [6, 6.07) is 0. The van der Waals surface area contributed by atoms with Crippen LogP contribution >= 0.6 is 15.9 Å². The van der Waals surface area contributed by atoms with Crippen LogP contribution in [0.4, 0.5) is 0 Å². The Kier molecular flexibility index (Phi) is 3.43. The van der Waals surface area contributed by atoms with Crippen molar-refractivity contribution in [3.63, 3.8) is 0 Å². The van der Waals surface area contributed by atoms with Gasteiger partial charge in [-0.2, -0.15) is 0 Å². The van der Waals surface area contributed by atoms with Crippen LogP contribution in [0.5, 0.6) is 0 Å². The van der Waals surface area contributed by atoms with Crippen LogP contribution in [0.3, 0.4) is 0 Å². The molecule has 0 spiro atoms. The lowest BCUT2D eigenvalue weighted by Crippen LogP contribution is -2.25. The maximum Gasteiger partial charge on any atom is 0.148 e. The standard InChI is InChI=1S/C4H5BrO3/c5-2-3(6)1-4(7)8/h1-2H2,(H,7,8)/p-1. The number of Topliss-reactive ketones (excluding diaryl/α,β-unsaturated/α-hetero) is 1. The smallest absolute Gasteiger partial charge is 0.148 e. The van der Waals surface area contributed by atoms with Gasteiger partial charge in [0.1, 0.15) is 5.78 Å². The van der Waals surface area contributed by atoms with Crippen LogP contribution in [-0.4, -0.2) is 17.1 Å². The molecule has 0 atom stereocenters. The van der Waals surface area contributed by atoms with E-state index in [0.29, 0.717) is 0 Å². The molecule has 0 fully saturated rings. The van der Waals surface area contributed by atoms with Gasteiger partial charge in [-0.05, 0) is 0 Å². The summed E-state index contributed by atoms with van der Waals surface area (Å²) < 4.78 is 0. The molecular weight excluding hydrogens is 176 g/mol. The van der Waals surface area contributed by atoms with Crippen molar-refractivity contribution in [2.24, 2.45) is 0 Å². The number of rotatable bonds is 3. The van der Waals surface area contributed by atoms with Crippen molar-refractivity contribution in [1.29, 1.82) is 0 Å². The molecular formula is C4H4BrO3-. The maximum absolute atomic E-state index is 10.2. The van der Waals surface area contributed by atoms with E-state index in [1.54, 1.807) is 0 Å². The third kappa shape index (κ3) is 3.80. The predicted molar refractivity (Wildman–Crippen MR) is 28.4 cm³/mol. The average molecular weight is 180 g/mol. The summed E-state index contributed by atoms with van der Waals surface area (Å²) in [5.41, 5.74) is 0. The minimum atomic E-state index is -1.32. The van der Waals surface area contributed by atoms with Crippen molar-refractivity contribution in [1.82, 2.24) is 0 Å². The van der Waals surface area contributed by atoms with Crippen molar-refractivity contribution < 1.29 is 14.7 Å². The minimum absolute atomic E-state index is 0.0843. The highest BCUT2D eigenvalue weighted by Gasteiger charge is 1.96. The molecule has 0 heterocycles. The van der Waals surface area contributed by atoms with Crippen molar-refractivity contribution in [3.8, 4) is 0 Å². The molecule has 0 N–H and O–H groups in total. The van der Waals surface area contributed by atoms with E-state index in [1.165, 1.54) is 0 Å². The lowest BCUT2D eigenvalue weighted by atomic mass is 10.3. The first-order valence-electron chi connectivity index (χ1n) is 1.94. The van der Waals surface area contributed by atoms with Gasteiger partial charge >= 0.3 is 0 Å². The Balaban J connectivity index is 3.40. The SMILES string of the molecule is O=C([O-])CC(=O)CBr. The van der Waals surface area contributed by atoms with Gasteiger partial charge in [0.25, 0.3) is 0 Å². The zero-order valence-corrected chi connectivity index (χ0v) is 5.60. The number of ketones is 1. The zero-order chi connectivity index (χ0) is 6.57. The second-order valence-electron chi connectivity index (χ2n) is 1.22. The first-order chi connectivity index (χ1) is 3.66. The summed E-state index contributed by atoms with van der Waals surface area (Å²) in [4.78, 5) is 19.8. The van der Waals surface area contributed by atoms with Crippen LogP contribution in [0.25, 0.3) is 0 Å². The maximum atomic E-state index is 10.2. The topological polar surface area (TPSA) is 57.2 Å². The highest BCUT2D eigenvalue weighted by molar-refractivity contribution is 9.09. The predicted octanol–water partition coefficient (Wildman–Crippen LogP) is -0.910. The number of hydrogen-bond acceptors (Lipinski definition) is 3. The molecule has 0 aliphatic heterocycles. The van der Waals surface area contributed by atoms with Gasteiger partial charge in [-0.3, -0.25) is 4.79 Å². The van der Waals surface area contributed by atoms with E-state index < -0.39 is 12.4 Å². The molecule has 46 valence electrons. The molecule has 0 rings (SSSR count). The Labute approximate surface area is 54.8 Å². The molecule has 0 radical (unpaired) electrons. The molecule has 0 aliphatic rings. The van der Waals surface area contributed by atoms with E-state index in [2.05, 4.69) is 15.9 Å². The Hall–Kier alpha value is -0.380. The minimum Gasteiger partial charge on any atom is -0.550 e. The van der Waals surface area contributed by atoms with Gasteiger partial charge in [-0.1, -0.05) is 15.9 Å². The zero-order valence-electron chi connectivity index (χ0n) is 4.02. The molecule has 0 bridgehead atoms. The summed E-state index contributed by atoms with van der Waals surface area (Å²) in [5.74, 6) is -1.69. The van der Waals surface area contributed by atoms with Crippen molar-refractivity contribution >= 4 is 27.7 Å². The number of halogens is 1. The number of alkyl halides is 1. The lowest BCUT2D eigenvalue weighted by molar-refractivity contribution is -0.304. The molecule has 8 heavy (non-hydrogen) atoms. The van der Waals surface area contributed by atoms with Gasteiger partial charge < -0.3 is 9.90 Å². The van der Waals surface area contributed by atoms with Gasteiger partial charge in [0.15, 0.2) is 0 Å². The third-order valence-electron chi connectivity index (χ3n) is 0.491. The molecule has 0 saturated carbocycles. The van der Waals surface area contributed by atoms with Crippen LogP contribution in [-0.2, 0) is 9.59 Å². The van der Waals surface area contributed by atoms with Crippen LogP contribution in [0, 0.1) is 0 Å². The number of carbonyl (C=O) groups is 2. The normalized spacial score (nSPS) is 8.62. The van der Waals surface area contributed by atoms with E-state index >= 15 is 0 Å². The van der Waals surface area contributed by atoms with Crippen LogP contribution < -0.4 is 5.11 Å². The molecule has 0 amide bonds. The van der Waals surface area contributed by atoms with Crippen molar-refractivity contribution in [2.45, 2.75) is 6.42 Å². The largest absolute Gasteiger partial charge is 0.550 e. The number of aliphatic carboxylic acids is 1. The second kappa shape index (κ2) is 3.60. The highest BCUT2D eigenvalue weighted by atomic mass is 79.9. The summed E-state index contributed by atoms with van der Waals surface area (Å²) in [5, 5.41) is 9.70. The van der Waals surface area contributed by atoms with Crippen molar-refractivity contribution in [2.75, 3.05) is 5.33 Å². The number of carboxylic acids is 1. The quantitative estimate of drug-likeness (QED) is 0.417. The van der Waals surface area contributed by atoms with Gasteiger partial charge in [-0.25, -0.2) is 0 Å². The van der Waals surface area contributed by atoms with Crippen LogP contribution in [0.1, 0.15) is 6.42 Å². The summed E-state index contributed by atoms with van der Waals surface area (Å²) in [6.45, 7) is 0. The molecule has 0 saturated heterocycles. The second-order valence-corrected chi connectivity index (χ2v) is 1.78. The van der Waals surface area contributed by atoms with E-state index in [1.807, 2.05) is 0 Å². The molecule has 0 aliphatic carbocycles. The first kappa shape index (κ1) is 7.62. The highest BCUT2D eigenvalue weighted by Crippen LogP contribution is 1.85. The summed E-state index contributed by atoms with van der Waals surface area (Å²) in [7, 11) is 0. The number of carboxylic acid groups (broad SMARTS) is 1. The molecule has 0 aromatic heterocycles. The summed E-state index contributed by atoms with van der Waals surface area (Å²) in [6.07, 6.45) is -0.495. The Morgan fingerprint density at radius 2 is 2.00 bits per heavy atom. The average Bonchev–Trinajstić information content (AvgIpc) is 1.65. The summed E-state index contributed by atoms with van der Waals surface area (Å²) >= 11 is 2.80. The fourth-order valence-electron chi connectivity index (χ4n) is 0.208.